The number of alkyl halides is 3. The second-order valence-corrected chi connectivity index (χ2v) is 6.51. The summed E-state index contributed by atoms with van der Waals surface area (Å²) in [5.74, 6) is -1.55. The van der Waals surface area contributed by atoms with Crippen LogP contribution in [0.5, 0.6) is 0 Å². The minimum absolute atomic E-state index is 0.0381. The van der Waals surface area contributed by atoms with Crippen LogP contribution in [0.1, 0.15) is 21.7 Å². The molecule has 0 fully saturated rings. The van der Waals surface area contributed by atoms with Crippen molar-refractivity contribution in [1.82, 2.24) is 5.32 Å². The van der Waals surface area contributed by atoms with Crippen LogP contribution in [0.25, 0.3) is 6.08 Å². The number of halogens is 4. The number of rotatable bonds is 5. The first-order valence-electron chi connectivity index (χ1n) is 8.53. The van der Waals surface area contributed by atoms with Gasteiger partial charge in [0.2, 0.25) is 0 Å². The van der Waals surface area contributed by atoms with E-state index < -0.39 is 23.6 Å². The maximum absolute atomic E-state index is 12.9. The van der Waals surface area contributed by atoms with Crippen LogP contribution in [-0.2, 0) is 11.0 Å². The van der Waals surface area contributed by atoms with E-state index in [1.807, 2.05) is 0 Å². The Morgan fingerprint density at radius 3 is 2.37 bits per heavy atom. The van der Waals surface area contributed by atoms with Crippen molar-refractivity contribution >= 4 is 35.2 Å². The Labute approximate surface area is 174 Å². The Hall–Kier alpha value is -3.52. The van der Waals surface area contributed by atoms with E-state index in [2.05, 4.69) is 10.6 Å². The van der Waals surface area contributed by atoms with Crippen molar-refractivity contribution in [2.24, 2.45) is 0 Å². The third-order valence-electron chi connectivity index (χ3n) is 3.87. The van der Waals surface area contributed by atoms with Gasteiger partial charge in [-0.25, -0.2) is 0 Å². The highest BCUT2D eigenvalue weighted by atomic mass is 35.5. The molecule has 3 aromatic rings. The SMILES string of the molecule is O=C(Nc1cccc(C(F)(F)F)c1)C(=Cc1ccc(Cl)cc1)NC(=O)c1ccco1. The topological polar surface area (TPSA) is 71.3 Å². The van der Waals surface area contributed by atoms with Gasteiger partial charge >= 0.3 is 6.18 Å². The van der Waals surface area contributed by atoms with Crippen molar-refractivity contribution in [3.63, 3.8) is 0 Å². The van der Waals surface area contributed by atoms with E-state index in [1.165, 1.54) is 36.6 Å². The van der Waals surface area contributed by atoms with Crippen LogP contribution < -0.4 is 10.6 Å². The standard InChI is InChI=1S/C21H14ClF3N2O3/c22-15-8-6-13(7-9-15)11-17(27-20(29)18-5-2-10-30-18)19(28)26-16-4-1-3-14(12-16)21(23,24)25/h1-12H,(H,26,28)(H,27,29). The normalized spacial score (nSPS) is 11.8. The molecule has 30 heavy (non-hydrogen) atoms. The molecule has 3 rings (SSSR count). The van der Waals surface area contributed by atoms with Crippen LogP contribution in [0.4, 0.5) is 18.9 Å². The number of anilines is 1. The van der Waals surface area contributed by atoms with Gasteiger partial charge in [0.15, 0.2) is 5.76 Å². The molecule has 0 atom stereocenters. The number of benzene rings is 2. The minimum atomic E-state index is -4.56. The Balaban J connectivity index is 1.88. The average molecular weight is 435 g/mol. The fourth-order valence-corrected chi connectivity index (χ4v) is 2.57. The highest BCUT2D eigenvalue weighted by Gasteiger charge is 2.30. The summed E-state index contributed by atoms with van der Waals surface area (Å²) in [7, 11) is 0. The van der Waals surface area contributed by atoms with E-state index in [-0.39, 0.29) is 17.1 Å². The molecule has 0 radical (unpaired) electrons. The molecule has 9 heteroatoms. The third kappa shape index (κ3) is 5.51. The predicted octanol–water partition coefficient (Wildman–Crippen LogP) is 5.36. The van der Waals surface area contributed by atoms with Crippen LogP contribution in [0.3, 0.4) is 0 Å². The molecule has 2 amide bonds. The molecule has 5 nitrogen and oxygen atoms in total. The van der Waals surface area contributed by atoms with Crippen molar-refractivity contribution in [2.75, 3.05) is 5.32 Å². The first kappa shape index (κ1) is 21.2. The van der Waals surface area contributed by atoms with Gasteiger partial charge in [-0.2, -0.15) is 13.2 Å². The van der Waals surface area contributed by atoms with Crippen LogP contribution in [0.2, 0.25) is 5.02 Å². The Morgan fingerprint density at radius 2 is 1.73 bits per heavy atom. The molecule has 154 valence electrons. The summed E-state index contributed by atoms with van der Waals surface area (Å²) in [5.41, 5.74) is -0.656. The smallest absolute Gasteiger partial charge is 0.416 e. The molecule has 1 heterocycles. The number of hydrogen-bond donors (Lipinski definition) is 2. The lowest BCUT2D eigenvalue weighted by atomic mass is 10.1. The van der Waals surface area contributed by atoms with Gasteiger partial charge in [0.1, 0.15) is 5.70 Å². The lowest BCUT2D eigenvalue weighted by Gasteiger charge is -2.12. The Morgan fingerprint density at radius 1 is 1.00 bits per heavy atom. The van der Waals surface area contributed by atoms with Gasteiger partial charge in [-0.1, -0.05) is 29.8 Å². The first-order valence-corrected chi connectivity index (χ1v) is 8.91. The van der Waals surface area contributed by atoms with E-state index in [0.717, 1.165) is 12.1 Å². The third-order valence-corrected chi connectivity index (χ3v) is 4.12. The molecule has 0 aliphatic heterocycles. The molecule has 2 aromatic carbocycles. The van der Waals surface area contributed by atoms with Crippen molar-refractivity contribution in [2.45, 2.75) is 6.18 Å². The summed E-state index contributed by atoms with van der Waals surface area (Å²) in [6.07, 6.45) is -1.91. The van der Waals surface area contributed by atoms with Crippen LogP contribution in [0.15, 0.2) is 77.0 Å². The fraction of sp³-hybridized carbons (Fsp3) is 0.0476. The van der Waals surface area contributed by atoms with Crippen LogP contribution in [0, 0.1) is 0 Å². The molecular formula is C21H14ClF3N2O3. The van der Waals surface area contributed by atoms with Gasteiger partial charge in [0.25, 0.3) is 11.8 Å². The van der Waals surface area contributed by atoms with Gasteiger partial charge in [0.05, 0.1) is 11.8 Å². The maximum Gasteiger partial charge on any atom is 0.416 e. The van der Waals surface area contributed by atoms with E-state index in [4.69, 9.17) is 16.0 Å². The summed E-state index contributed by atoms with van der Waals surface area (Å²) in [5, 5.41) is 5.24. The summed E-state index contributed by atoms with van der Waals surface area (Å²) in [4.78, 5) is 25.0. The average Bonchev–Trinajstić information content (AvgIpc) is 3.23. The lowest BCUT2D eigenvalue weighted by Crippen LogP contribution is -2.30. The highest BCUT2D eigenvalue weighted by molar-refractivity contribution is 6.30. The van der Waals surface area contributed by atoms with Gasteiger partial charge in [-0.3, -0.25) is 9.59 Å². The molecular weight excluding hydrogens is 421 g/mol. The van der Waals surface area contributed by atoms with Crippen LogP contribution in [-0.4, -0.2) is 11.8 Å². The molecule has 0 saturated carbocycles. The second-order valence-electron chi connectivity index (χ2n) is 6.07. The maximum atomic E-state index is 12.9. The summed E-state index contributed by atoms with van der Waals surface area (Å²) < 4.78 is 43.7. The first-order chi connectivity index (χ1) is 14.2. The molecule has 0 saturated heterocycles. The molecule has 0 aliphatic carbocycles. The van der Waals surface area contributed by atoms with Gasteiger partial charge in [0, 0.05) is 10.7 Å². The zero-order valence-electron chi connectivity index (χ0n) is 15.2. The van der Waals surface area contributed by atoms with E-state index in [9.17, 15) is 22.8 Å². The quantitative estimate of drug-likeness (QED) is 0.531. The van der Waals surface area contributed by atoms with Crippen molar-refractivity contribution in [3.8, 4) is 0 Å². The zero-order chi connectivity index (χ0) is 21.7. The van der Waals surface area contributed by atoms with Crippen LogP contribution >= 0.6 is 11.6 Å². The molecule has 2 N–H and O–H groups in total. The number of carbonyl (C=O) groups is 2. The summed E-state index contributed by atoms with van der Waals surface area (Å²) >= 11 is 5.85. The van der Waals surface area contributed by atoms with Crippen molar-refractivity contribution in [3.05, 3.63) is 94.5 Å². The lowest BCUT2D eigenvalue weighted by molar-refractivity contribution is -0.137. The predicted molar refractivity (Wildman–Crippen MR) is 106 cm³/mol. The zero-order valence-corrected chi connectivity index (χ0v) is 15.9. The highest BCUT2D eigenvalue weighted by Crippen LogP contribution is 2.30. The number of nitrogens with one attached hydrogen (secondary N) is 2. The van der Waals surface area contributed by atoms with E-state index >= 15 is 0 Å². The minimum Gasteiger partial charge on any atom is -0.459 e. The summed E-state index contributed by atoms with van der Waals surface area (Å²) in [6.45, 7) is 0. The summed E-state index contributed by atoms with van der Waals surface area (Å²) in [6, 6.07) is 13.5. The molecule has 0 unspecified atom stereocenters. The molecule has 0 bridgehead atoms. The number of hydrogen-bond acceptors (Lipinski definition) is 3. The largest absolute Gasteiger partial charge is 0.459 e. The molecule has 0 spiro atoms. The number of furan rings is 1. The van der Waals surface area contributed by atoms with Crippen molar-refractivity contribution in [1.29, 1.82) is 0 Å². The van der Waals surface area contributed by atoms with Gasteiger partial charge in [-0.15, -0.1) is 0 Å². The second kappa shape index (κ2) is 8.87. The monoisotopic (exact) mass is 434 g/mol. The van der Waals surface area contributed by atoms with Gasteiger partial charge in [-0.05, 0) is 54.1 Å². The molecule has 1 aromatic heterocycles. The number of amides is 2. The van der Waals surface area contributed by atoms with Crippen molar-refractivity contribution < 1.29 is 27.2 Å². The van der Waals surface area contributed by atoms with E-state index in [1.54, 1.807) is 24.3 Å². The van der Waals surface area contributed by atoms with E-state index in [0.29, 0.717) is 10.6 Å². The molecule has 0 aliphatic rings. The Kier molecular flexibility index (Phi) is 6.27. The van der Waals surface area contributed by atoms with Gasteiger partial charge < -0.3 is 15.1 Å². The fourth-order valence-electron chi connectivity index (χ4n) is 2.45. The number of carbonyl (C=O) groups excluding carboxylic acids is 2. The Bertz CT molecular complexity index is 1080.